The van der Waals surface area contributed by atoms with E-state index in [-0.39, 0.29) is 18.6 Å². The fourth-order valence-corrected chi connectivity index (χ4v) is 3.73. The fraction of sp³-hybridized carbons (Fsp3) is 0.294. The van der Waals surface area contributed by atoms with Gasteiger partial charge in [0.2, 0.25) is 0 Å². The van der Waals surface area contributed by atoms with Crippen molar-refractivity contribution in [3.05, 3.63) is 52.5 Å². The van der Waals surface area contributed by atoms with E-state index < -0.39 is 6.10 Å². The second kappa shape index (κ2) is 7.53. The number of amides is 1. The number of thiophene rings is 1. The molecule has 0 bridgehead atoms. The zero-order valence-corrected chi connectivity index (χ0v) is 14.5. The number of carbonyl (C=O) groups is 1. The maximum Gasteiger partial charge on any atom is 0.253 e. The van der Waals surface area contributed by atoms with Gasteiger partial charge in [-0.15, -0.1) is 11.3 Å². The molecule has 7 heteroatoms. The smallest absolute Gasteiger partial charge is 0.253 e. The van der Waals surface area contributed by atoms with Gasteiger partial charge in [0.15, 0.2) is 0 Å². The van der Waals surface area contributed by atoms with Crippen molar-refractivity contribution in [2.45, 2.75) is 12.1 Å². The summed E-state index contributed by atoms with van der Waals surface area (Å²) in [5, 5.41) is 13.2. The number of ether oxygens (including phenoxy) is 1. The van der Waals surface area contributed by atoms with Crippen LogP contribution in [0.15, 0.2) is 36.4 Å². The van der Waals surface area contributed by atoms with E-state index in [2.05, 4.69) is 12.2 Å². The first-order valence-corrected chi connectivity index (χ1v) is 8.75. The van der Waals surface area contributed by atoms with Crippen LogP contribution in [0.2, 0.25) is 4.34 Å². The number of rotatable bonds is 5. The van der Waals surface area contributed by atoms with Crippen LogP contribution in [-0.4, -0.2) is 36.9 Å². The Balaban J connectivity index is 1.73. The molecule has 2 N–H and O–H groups in total. The predicted molar refractivity (Wildman–Crippen MR) is 96.7 cm³/mol. The van der Waals surface area contributed by atoms with Crippen molar-refractivity contribution in [2.24, 2.45) is 0 Å². The number of aliphatic hydroxyl groups excluding tert-OH is 1. The SMILES string of the molecule is [CH2]C(O)C(Nc1ccc(N2CCOCC2=O)cc1)c1ccc(Cl)s1. The van der Waals surface area contributed by atoms with Crippen molar-refractivity contribution in [1.82, 2.24) is 0 Å². The molecule has 1 fully saturated rings. The molecular formula is C17H18ClN2O3S. The standard InChI is InChI=1S/C17H18ClN2O3S/c1-11(21)17(14-6-7-15(18)24-14)19-12-2-4-13(5-3-12)20-8-9-23-10-16(20)22/h2-7,11,17,19,21H,1,8-10H2. The van der Waals surface area contributed by atoms with Crippen molar-refractivity contribution in [2.75, 3.05) is 30.0 Å². The van der Waals surface area contributed by atoms with Crippen LogP contribution in [0.25, 0.3) is 0 Å². The van der Waals surface area contributed by atoms with E-state index in [1.54, 1.807) is 11.0 Å². The number of aliphatic hydroxyl groups is 1. The van der Waals surface area contributed by atoms with Crippen LogP contribution in [0.5, 0.6) is 0 Å². The van der Waals surface area contributed by atoms with E-state index in [1.165, 1.54) is 11.3 Å². The summed E-state index contributed by atoms with van der Waals surface area (Å²) < 4.78 is 5.80. The van der Waals surface area contributed by atoms with Crippen LogP contribution >= 0.6 is 22.9 Å². The van der Waals surface area contributed by atoms with E-state index in [0.717, 1.165) is 16.3 Å². The van der Waals surface area contributed by atoms with Gasteiger partial charge in [-0.1, -0.05) is 11.6 Å². The highest BCUT2D eigenvalue weighted by molar-refractivity contribution is 7.16. The molecule has 2 aromatic rings. The second-order valence-corrected chi connectivity index (χ2v) is 7.22. The first-order chi connectivity index (χ1) is 11.5. The Hall–Kier alpha value is -1.60. The summed E-state index contributed by atoms with van der Waals surface area (Å²) in [6.45, 7) is 4.93. The Labute approximate surface area is 149 Å². The predicted octanol–water partition coefficient (Wildman–Crippen LogP) is 3.11. The number of carbonyl (C=O) groups excluding carboxylic acids is 1. The van der Waals surface area contributed by atoms with Crippen molar-refractivity contribution in [3.63, 3.8) is 0 Å². The number of nitrogens with zero attached hydrogens (tertiary/aromatic N) is 1. The van der Waals surface area contributed by atoms with Gasteiger partial charge in [0, 0.05) is 22.8 Å². The molecule has 1 saturated heterocycles. The Morgan fingerprint density at radius 2 is 2.04 bits per heavy atom. The molecule has 1 aliphatic heterocycles. The topological polar surface area (TPSA) is 61.8 Å². The van der Waals surface area contributed by atoms with Crippen molar-refractivity contribution in [3.8, 4) is 0 Å². The van der Waals surface area contributed by atoms with Crippen molar-refractivity contribution < 1.29 is 14.6 Å². The normalized spacial score (nSPS) is 17.6. The minimum atomic E-state index is -0.819. The van der Waals surface area contributed by atoms with Gasteiger partial charge in [-0.3, -0.25) is 4.79 Å². The molecule has 2 heterocycles. The summed E-state index contributed by atoms with van der Waals surface area (Å²) in [6.07, 6.45) is -0.819. The quantitative estimate of drug-likeness (QED) is 0.854. The highest BCUT2D eigenvalue weighted by Crippen LogP contribution is 2.31. The average Bonchev–Trinajstić information content (AvgIpc) is 2.99. The van der Waals surface area contributed by atoms with E-state index in [9.17, 15) is 9.90 Å². The van der Waals surface area contributed by atoms with Crippen LogP contribution < -0.4 is 10.2 Å². The third-order valence-corrected chi connectivity index (χ3v) is 5.09. The first-order valence-electron chi connectivity index (χ1n) is 7.55. The number of hydrogen-bond acceptors (Lipinski definition) is 5. The lowest BCUT2D eigenvalue weighted by atomic mass is 10.1. The number of anilines is 2. The van der Waals surface area contributed by atoms with Crippen molar-refractivity contribution >= 4 is 40.2 Å². The molecule has 1 aliphatic rings. The van der Waals surface area contributed by atoms with Gasteiger partial charge < -0.3 is 20.1 Å². The van der Waals surface area contributed by atoms with E-state index in [1.807, 2.05) is 30.3 Å². The molecule has 0 saturated carbocycles. The Morgan fingerprint density at radius 1 is 1.29 bits per heavy atom. The highest BCUT2D eigenvalue weighted by Gasteiger charge is 2.21. The average molecular weight is 366 g/mol. The largest absolute Gasteiger partial charge is 0.391 e. The van der Waals surface area contributed by atoms with Crippen LogP contribution in [0.3, 0.4) is 0 Å². The third-order valence-electron chi connectivity index (χ3n) is 3.77. The molecule has 1 radical (unpaired) electrons. The summed E-state index contributed by atoms with van der Waals surface area (Å²) in [5.41, 5.74) is 1.66. The van der Waals surface area contributed by atoms with E-state index in [4.69, 9.17) is 16.3 Å². The van der Waals surface area contributed by atoms with Crippen LogP contribution in [0, 0.1) is 6.92 Å². The molecule has 1 aromatic heterocycles. The number of morpholine rings is 1. The molecule has 3 rings (SSSR count). The lowest BCUT2D eigenvalue weighted by Gasteiger charge is -2.27. The zero-order valence-electron chi connectivity index (χ0n) is 12.9. The summed E-state index contributed by atoms with van der Waals surface area (Å²) in [5.74, 6) is -0.0405. The van der Waals surface area contributed by atoms with Gasteiger partial charge in [0.1, 0.15) is 6.61 Å². The molecule has 127 valence electrons. The number of nitrogens with one attached hydrogen (secondary N) is 1. The van der Waals surface area contributed by atoms with Crippen LogP contribution in [0.1, 0.15) is 10.9 Å². The fourth-order valence-electron chi connectivity index (χ4n) is 2.56. The summed E-state index contributed by atoms with van der Waals surface area (Å²) in [7, 11) is 0. The zero-order chi connectivity index (χ0) is 17.1. The first kappa shape index (κ1) is 17.2. The molecule has 1 amide bonds. The van der Waals surface area contributed by atoms with Gasteiger partial charge in [0.25, 0.3) is 5.91 Å². The molecule has 24 heavy (non-hydrogen) atoms. The second-order valence-electron chi connectivity index (χ2n) is 5.48. The molecular weight excluding hydrogens is 348 g/mol. The highest BCUT2D eigenvalue weighted by atomic mass is 35.5. The monoisotopic (exact) mass is 365 g/mol. The summed E-state index contributed by atoms with van der Waals surface area (Å²) >= 11 is 7.38. The molecule has 0 spiro atoms. The Kier molecular flexibility index (Phi) is 5.40. The van der Waals surface area contributed by atoms with Gasteiger partial charge in [0.05, 0.1) is 23.1 Å². The Morgan fingerprint density at radius 3 is 2.62 bits per heavy atom. The lowest BCUT2D eigenvalue weighted by molar-refractivity contribution is -0.125. The lowest BCUT2D eigenvalue weighted by Crippen LogP contribution is -2.41. The Bertz CT molecular complexity index is 702. The summed E-state index contributed by atoms with van der Waals surface area (Å²) in [4.78, 5) is 14.5. The molecule has 2 unspecified atom stereocenters. The third kappa shape index (κ3) is 3.89. The molecule has 5 nitrogen and oxygen atoms in total. The van der Waals surface area contributed by atoms with E-state index in [0.29, 0.717) is 17.5 Å². The number of benzene rings is 1. The van der Waals surface area contributed by atoms with Gasteiger partial charge in [-0.2, -0.15) is 0 Å². The van der Waals surface area contributed by atoms with Gasteiger partial charge >= 0.3 is 0 Å². The minimum absolute atomic E-state index is 0.0405. The minimum Gasteiger partial charge on any atom is -0.391 e. The number of hydrogen-bond donors (Lipinski definition) is 2. The maximum absolute atomic E-state index is 11.9. The number of halogens is 1. The van der Waals surface area contributed by atoms with E-state index >= 15 is 0 Å². The molecule has 1 aromatic carbocycles. The van der Waals surface area contributed by atoms with Crippen LogP contribution in [0.4, 0.5) is 11.4 Å². The van der Waals surface area contributed by atoms with Crippen LogP contribution in [-0.2, 0) is 9.53 Å². The maximum atomic E-state index is 11.9. The molecule has 2 atom stereocenters. The van der Waals surface area contributed by atoms with Gasteiger partial charge in [-0.25, -0.2) is 0 Å². The van der Waals surface area contributed by atoms with Crippen molar-refractivity contribution in [1.29, 1.82) is 0 Å². The summed E-state index contributed by atoms with van der Waals surface area (Å²) in [6, 6.07) is 10.8. The molecule has 0 aliphatic carbocycles. The van der Waals surface area contributed by atoms with Gasteiger partial charge in [-0.05, 0) is 43.3 Å².